The maximum atomic E-state index is 11.8. The highest BCUT2D eigenvalue weighted by atomic mass is 79.9. The molecule has 0 bridgehead atoms. The molecule has 110 valence electrons. The molecule has 0 saturated carbocycles. The van der Waals surface area contributed by atoms with Gasteiger partial charge in [0.15, 0.2) is 0 Å². The van der Waals surface area contributed by atoms with Crippen LogP contribution in [0.4, 0.5) is 10.6 Å². The summed E-state index contributed by atoms with van der Waals surface area (Å²) >= 11 is 3.42. The lowest BCUT2D eigenvalue weighted by Gasteiger charge is -2.07. The molecular weight excluding hydrogens is 344 g/mol. The smallest absolute Gasteiger partial charge is 0.413 e. The van der Waals surface area contributed by atoms with Gasteiger partial charge in [-0.1, -0.05) is 46.3 Å². The molecule has 0 aliphatic rings. The zero-order valence-corrected chi connectivity index (χ0v) is 13.2. The predicted octanol–water partition coefficient (Wildman–Crippen LogP) is 4.75. The van der Waals surface area contributed by atoms with Crippen LogP contribution in [0.2, 0.25) is 0 Å². The second-order valence-corrected chi connectivity index (χ2v) is 5.64. The van der Waals surface area contributed by atoms with Crippen LogP contribution in [0.1, 0.15) is 5.56 Å². The van der Waals surface area contributed by atoms with Gasteiger partial charge in [0.25, 0.3) is 0 Å². The molecule has 0 fully saturated rings. The van der Waals surface area contributed by atoms with Gasteiger partial charge >= 0.3 is 6.09 Å². The summed E-state index contributed by atoms with van der Waals surface area (Å²) < 4.78 is 6.16. The summed E-state index contributed by atoms with van der Waals surface area (Å²) in [4.78, 5) is 16.2. The number of nitrogens with one attached hydrogen (secondary N) is 1. The van der Waals surface area contributed by atoms with Gasteiger partial charge in [0.1, 0.15) is 12.4 Å². The van der Waals surface area contributed by atoms with E-state index in [1.165, 1.54) is 0 Å². The fourth-order valence-corrected chi connectivity index (χ4v) is 2.41. The van der Waals surface area contributed by atoms with Crippen LogP contribution >= 0.6 is 15.9 Å². The van der Waals surface area contributed by atoms with Crippen molar-refractivity contribution >= 4 is 38.7 Å². The number of anilines is 1. The van der Waals surface area contributed by atoms with Crippen molar-refractivity contribution in [1.82, 2.24) is 4.98 Å². The van der Waals surface area contributed by atoms with Gasteiger partial charge in [-0.15, -0.1) is 0 Å². The third-order valence-corrected chi connectivity index (χ3v) is 3.59. The molecule has 0 unspecified atom stereocenters. The Morgan fingerprint density at radius 3 is 2.73 bits per heavy atom. The van der Waals surface area contributed by atoms with Crippen LogP contribution in [0.3, 0.4) is 0 Å². The number of halogens is 1. The summed E-state index contributed by atoms with van der Waals surface area (Å²) in [5.74, 6) is 0.466. The van der Waals surface area contributed by atoms with Gasteiger partial charge in [-0.3, -0.25) is 5.32 Å². The van der Waals surface area contributed by atoms with E-state index in [2.05, 4.69) is 26.2 Å². The number of hydrogen-bond acceptors (Lipinski definition) is 3. The number of carbonyl (C=O) groups excluding carboxylic acids is 1. The number of ether oxygens (including phenoxy) is 1. The Labute approximate surface area is 136 Å². The van der Waals surface area contributed by atoms with Crippen LogP contribution in [0.25, 0.3) is 10.9 Å². The van der Waals surface area contributed by atoms with Crippen LogP contribution in [-0.2, 0) is 11.3 Å². The van der Waals surface area contributed by atoms with Crippen LogP contribution in [0.15, 0.2) is 65.1 Å². The van der Waals surface area contributed by atoms with E-state index >= 15 is 0 Å². The van der Waals surface area contributed by atoms with E-state index in [-0.39, 0.29) is 6.61 Å². The topological polar surface area (TPSA) is 51.2 Å². The molecule has 0 spiro atoms. The van der Waals surface area contributed by atoms with Crippen LogP contribution in [-0.4, -0.2) is 11.1 Å². The maximum absolute atomic E-state index is 11.8. The van der Waals surface area contributed by atoms with Crippen LogP contribution in [0.5, 0.6) is 0 Å². The molecule has 22 heavy (non-hydrogen) atoms. The van der Waals surface area contributed by atoms with Crippen molar-refractivity contribution in [3.05, 3.63) is 70.7 Å². The second-order valence-electron chi connectivity index (χ2n) is 4.72. The van der Waals surface area contributed by atoms with Crippen molar-refractivity contribution in [2.24, 2.45) is 0 Å². The standard InChI is InChI=1S/C17H13BrN2O2/c18-14-7-8-15-13(10-14)6-9-16(19-15)20-17(21)22-11-12-4-2-1-3-5-12/h1-10H,11H2,(H,19,20,21). The summed E-state index contributed by atoms with van der Waals surface area (Å²) in [6, 6.07) is 18.9. The summed E-state index contributed by atoms with van der Waals surface area (Å²) in [6.45, 7) is 0.229. The number of rotatable bonds is 3. The first-order chi connectivity index (χ1) is 10.7. The van der Waals surface area contributed by atoms with E-state index in [9.17, 15) is 4.79 Å². The highest BCUT2D eigenvalue weighted by Crippen LogP contribution is 2.20. The Kier molecular flexibility index (Phi) is 4.34. The molecule has 0 saturated heterocycles. The third-order valence-electron chi connectivity index (χ3n) is 3.09. The number of aromatic nitrogens is 1. The molecule has 1 aromatic heterocycles. The van der Waals surface area contributed by atoms with Gasteiger partial charge < -0.3 is 4.74 Å². The largest absolute Gasteiger partial charge is 0.444 e. The SMILES string of the molecule is O=C(Nc1ccc2cc(Br)ccc2n1)OCc1ccccc1. The fourth-order valence-electron chi connectivity index (χ4n) is 2.03. The normalized spacial score (nSPS) is 10.4. The Hall–Kier alpha value is -2.40. The van der Waals surface area contributed by atoms with Gasteiger partial charge in [0.05, 0.1) is 5.52 Å². The highest BCUT2D eigenvalue weighted by molar-refractivity contribution is 9.10. The van der Waals surface area contributed by atoms with Crippen molar-refractivity contribution in [1.29, 1.82) is 0 Å². The molecular formula is C17H13BrN2O2. The summed E-state index contributed by atoms with van der Waals surface area (Å²) in [5, 5.41) is 3.63. The van der Waals surface area contributed by atoms with E-state index in [0.29, 0.717) is 5.82 Å². The predicted molar refractivity (Wildman–Crippen MR) is 89.7 cm³/mol. The van der Waals surface area contributed by atoms with Gasteiger partial charge in [-0.2, -0.15) is 0 Å². The van der Waals surface area contributed by atoms with E-state index in [1.54, 1.807) is 6.07 Å². The molecule has 4 nitrogen and oxygen atoms in total. The van der Waals surface area contributed by atoms with E-state index in [4.69, 9.17) is 4.74 Å². The highest BCUT2D eigenvalue weighted by Gasteiger charge is 2.06. The molecule has 3 aromatic rings. The zero-order chi connectivity index (χ0) is 15.4. The molecule has 0 radical (unpaired) electrons. The summed E-state index contributed by atoms with van der Waals surface area (Å²) in [5.41, 5.74) is 1.75. The van der Waals surface area contributed by atoms with Crippen molar-refractivity contribution in [2.45, 2.75) is 6.61 Å². The lowest BCUT2D eigenvalue weighted by molar-refractivity contribution is 0.155. The minimum atomic E-state index is -0.521. The fraction of sp³-hybridized carbons (Fsp3) is 0.0588. The average Bonchev–Trinajstić information content (AvgIpc) is 2.54. The summed E-state index contributed by atoms with van der Waals surface area (Å²) in [7, 11) is 0. The van der Waals surface area contributed by atoms with Gasteiger partial charge in [0.2, 0.25) is 0 Å². The number of benzene rings is 2. The lowest BCUT2D eigenvalue weighted by Crippen LogP contribution is -2.14. The number of nitrogens with zero attached hydrogens (tertiary/aromatic N) is 1. The van der Waals surface area contributed by atoms with Crippen molar-refractivity contribution in [2.75, 3.05) is 5.32 Å². The van der Waals surface area contributed by atoms with E-state index < -0.39 is 6.09 Å². The number of fused-ring (bicyclic) bond motifs is 1. The van der Waals surface area contributed by atoms with Crippen LogP contribution < -0.4 is 5.32 Å². The Morgan fingerprint density at radius 2 is 1.91 bits per heavy atom. The zero-order valence-electron chi connectivity index (χ0n) is 11.6. The van der Waals surface area contributed by atoms with E-state index in [1.807, 2.05) is 54.6 Å². The van der Waals surface area contributed by atoms with Crippen molar-refractivity contribution in [3.8, 4) is 0 Å². The monoisotopic (exact) mass is 356 g/mol. The van der Waals surface area contributed by atoms with E-state index in [0.717, 1.165) is 20.9 Å². The molecule has 5 heteroatoms. The minimum absolute atomic E-state index is 0.229. The first-order valence-corrected chi connectivity index (χ1v) is 7.54. The molecule has 0 aliphatic carbocycles. The quantitative estimate of drug-likeness (QED) is 0.736. The Morgan fingerprint density at radius 1 is 1.09 bits per heavy atom. The van der Waals surface area contributed by atoms with Gasteiger partial charge in [-0.05, 0) is 35.9 Å². The second kappa shape index (κ2) is 6.58. The van der Waals surface area contributed by atoms with Gasteiger partial charge in [-0.25, -0.2) is 9.78 Å². The van der Waals surface area contributed by atoms with Crippen molar-refractivity contribution < 1.29 is 9.53 Å². The average molecular weight is 357 g/mol. The Balaban J connectivity index is 1.65. The molecule has 0 aliphatic heterocycles. The van der Waals surface area contributed by atoms with Gasteiger partial charge in [0, 0.05) is 9.86 Å². The first-order valence-electron chi connectivity index (χ1n) is 6.75. The third kappa shape index (κ3) is 3.62. The molecule has 1 heterocycles. The molecule has 1 N–H and O–H groups in total. The number of amides is 1. The number of hydrogen-bond donors (Lipinski definition) is 1. The molecule has 3 rings (SSSR count). The first kappa shape index (κ1) is 14.5. The Bertz CT molecular complexity index is 806. The van der Waals surface area contributed by atoms with Crippen molar-refractivity contribution in [3.63, 3.8) is 0 Å². The molecule has 2 aromatic carbocycles. The minimum Gasteiger partial charge on any atom is -0.444 e. The maximum Gasteiger partial charge on any atom is 0.413 e. The number of carbonyl (C=O) groups is 1. The molecule has 1 amide bonds. The lowest BCUT2D eigenvalue weighted by atomic mass is 10.2. The molecule has 0 atom stereocenters. The van der Waals surface area contributed by atoms with Crippen LogP contribution in [0, 0.1) is 0 Å². The number of pyridine rings is 1. The summed E-state index contributed by atoms with van der Waals surface area (Å²) in [6.07, 6.45) is -0.521.